The predicted molar refractivity (Wildman–Crippen MR) is 71.2 cm³/mol. The summed E-state index contributed by atoms with van der Waals surface area (Å²) in [6, 6.07) is 10.4. The minimum atomic E-state index is -0.586. The second kappa shape index (κ2) is 5.08. The molecule has 0 saturated carbocycles. The van der Waals surface area contributed by atoms with Gasteiger partial charge in [0, 0.05) is 5.56 Å². The van der Waals surface area contributed by atoms with Gasteiger partial charge in [-0.1, -0.05) is 0 Å². The van der Waals surface area contributed by atoms with E-state index in [1.165, 1.54) is 29.1 Å². The molecule has 0 aliphatic rings. The number of nitro groups is 1. The molecule has 0 unspecified atom stereocenters. The molecule has 0 radical (unpaired) electrons. The lowest BCUT2D eigenvalue weighted by atomic mass is 10.1. The number of nitrogens with zero attached hydrogens (tertiary/aromatic N) is 5. The molecule has 7 nitrogen and oxygen atoms in total. The molecular formula is C13H8FN5O2. The Morgan fingerprint density at radius 3 is 2.38 bits per heavy atom. The number of aromatic nitrogens is 4. The zero-order valence-corrected chi connectivity index (χ0v) is 10.5. The third-order valence-electron chi connectivity index (χ3n) is 2.79. The van der Waals surface area contributed by atoms with Crippen LogP contribution in [0.5, 0.6) is 0 Å². The fourth-order valence-corrected chi connectivity index (χ4v) is 1.76. The second-order valence-electron chi connectivity index (χ2n) is 4.16. The van der Waals surface area contributed by atoms with Crippen molar-refractivity contribution in [2.45, 2.75) is 0 Å². The molecule has 0 aliphatic heterocycles. The maximum absolute atomic E-state index is 12.9. The molecule has 0 N–H and O–H groups in total. The first-order chi connectivity index (χ1) is 10.1. The molecule has 0 saturated heterocycles. The molecule has 3 rings (SSSR count). The summed E-state index contributed by atoms with van der Waals surface area (Å²) in [7, 11) is 0. The van der Waals surface area contributed by atoms with Crippen molar-refractivity contribution < 1.29 is 9.31 Å². The van der Waals surface area contributed by atoms with Gasteiger partial charge in [0.1, 0.15) is 5.82 Å². The minimum absolute atomic E-state index is 0.264. The molecule has 1 aromatic carbocycles. The van der Waals surface area contributed by atoms with Crippen LogP contribution in [0, 0.1) is 15.9 Å². The third kappa shape index (κ3) is 2.59. The number of hydrogen-bond acceptors (Lipinski definition) is 5. The van der Waals surface area contributed by atoms with Crippen molar-refractivity contribution >= 4 is 5.82 Å². The van der Waals surface area contributed by atoms with Crippen LogP contribution < -0.4 is 0 Å². The summed E-state index contributed by atoms with van der Waals surface area (Å²) in [4.78, 5) is 9.99. The molecular weight excluding hydrogens is 277 g/mol. The Kier molecular flexibility index (Phi) is 3.11. The first-order valence-electron chi connectivity index (χ1n) is 5.93. The summed E-state index contributed by atoms with van der Waals surface area (Å²) in [6.07, 6.45) is 1.43. The molecule has 0 spiro atoms. The maximum Gasteiger partial charge on any atom is 0.390 e. The molecule has 0 aliphatic carbocycles. The zero-order valence-electron chi connectivity index (χ0n) is 10.5. The number of benzene rings is 1. The Morgan fingerprint density at radius 2 is 1.81 bits per heavy atom. The van der Waals surface area contributed by atoms with Gasteiger partial charge >= 0.3 is 5.82 Å². The summed E-state index contributed by atoms with van der Waals surface area (Å²) >= 11 is 0. The number of halogens is 1. The van der Waals surface area contributed by atoms with Gasteiger partial charge in [-0.25, -0.2) is 4.39 Å². The van der Waals surface area contributed by atoms with Crippen LogP contribution in [0.2, 0.25) is 0 Å². The van der Waals surface area contributed by atoms with E-state index in [1.54, 1.807) is 24.3 Å². The van der Waals surface area contributed by atoms with Crippen molar-refractivity contribution in [2.75, 3.05) is 0 Å². The zero-order chi connectivity index (χ0) is 14.8. The van der Waals surface area contributed by atoms with Gasteiger partial charge in [-0.05, 0) is 41.3 Å². The van der Waals surface area contributed by atoms with E-state index in [0.29, 0.717) is 11.5 Å². The van der Waals surface area contributed by atoms with Crippen LogP contribution in [0.4, 0.5) is 10.2 Å². The standard InChI is InChI=1S/C13H8FN5O2/c14-10-3-1-9(2-4-10)11-5-6-12(16-15-11)18-8-7-13(17-18)19(20)21/h1-8H. The van der Waals surface area contributed by atoms with Gasteiger partial charge < -0.3 is 10.1 Å². The van der Waals surface area contributed by atoms with Crippen LogP contribution in [-0.2, 0) is 0 Å². The van der Waals surface area contributed by atoms with E-state index in [-0.39, 0.29) is 11.6 Å². The Labute approximate surface area is 117 Å². The van der Waals surface area contributed by atoms with E-state index in [1.807, 2.05) is 0 Å². The van der Waals surface area contributed by atoms with E-state index in [2.05, 4.69) is 15.3 Å². The summed E-state index contributed by atoms with van der Waals surface area (Å²) in [5.41, 5.74) is 1.29. The van der Waals surface area contributed by atoms with Gasteiger partial charge in [0.2, 0.25) is 0 Å². The molecule has 2 aromatic heterocycles. The molecule has 0 atom stereocenters. The minimum Gasteiger partial charge on any atom is -0.358 e. The van der Waals surface area contributed by atoms with Crippen molar-refractivity contribution in [3.63, 3.8) is 0 Å². The van der Waals surface area contributed by atoms with E-state index < -0.39 is 4.92 Å². The Bertz CT molecular complexity index is 783. The predicted octanol–water partition coefficient (Wildman–Crippen LogP) is 2.38. The highest BCUT2D eigenvalue weighted by atomic mass is 19.1. The summed E-state index contributed by atoms with van der Waals surface area (Å²) in [5, 5.41) is 22.3. The van der Waals surface area contributed by atoms with E-state index in [4.69, 9.17) is 0 Å². The quantitative estimate of drug-likeness (QED) is 0.544. The number of rotatable bonds is 3. The fraction of sp³-hybridized carbons (Fsp3) is 0. The first kappa shape index (κ1) is 12.9. The molecule has 8 heteroatoms. The Balaban J connectivity index is 1.89. The van der Waals surface area contributed by atoms with E-state index >= 15 is 0 Å². The van der Waals surface area contributed by atoms with Crippen molar-refractivity contribution in [3.8, 4) is 17.1 Å². The van der Waals surface area contributed by atoms with Crippen molar-refractivity contribution in [1.82, 2.24) is 20.0 Å². The monoisotopic (exact) mass is 285 g/mol. The highest BCUT2D eigenvalue weighted by molar-refractivity contribution is 5.58. The lowest BCUT2D eigenvalue weighted by Gasteiger charge is -2.00. The summed E-state index contributed by atoms with van der Waals surface area (Å²) < 4.78 is 14.1. The summed E-state index contributed by atoms with van der Waals surface area (Å²) in [6.45, 7) is 0. The van der Waals surface area contributed by atoms with Gasteiger partial charge in [-0.15, -0.1) is 14.9 Å². The molecule has 0 fully saturated rings. The van der Waals surface area contributed by atoms with Gasteiger partial charge in [-0.3, -0.25) is 0 Å². The van der Waals surface area contributed by atoms with Crippen molar-refractivity contribution in [2.24, 2.45) is 0 Å². The van der Waals surface area contributed by atoms with E-state index in [9.17, 15) is 14.5 Å². The van der Waals surface area contributed by atoms with Crippen molar-refractivity contribution in [3.05, 3.63) is 64.6 Å². The van der Waals surface area contributed by atoms with Crippen LogP contribution >= 0.6 is 0 Å². The summed E-state index contributed by atoms with van der Waals surface area (Å²) in [5.74, 6) is -0.236. The molecule has 0 amide bonds. The normalized spacial score (nSPS) is 10.5. The van der Waals surface area contributed by atoms with Crippen LogP contribution in [-0.4, -0.2) is 24.9 Å². The van der Waals surface area contributed by atoms with Gasteiger partial charge in [0.15, 0.2) is 5.82 Å². The van der Waals surface area contributed by atoms with Gasteiger partial charge in [0.25, 0.3) is 0 Å². The van der Waals surface area contributed by atoms with Crippen LogP contribution in [0.1, 0.15) is 0 Å². The topological polar surface area (TPSA) is 86.7 Å². The van der Waals surface area contributed by atoms with Crippen LogP contribution in [0.15, 0.2) is 48.7 Å². The van der Waals surface area contributed by atoms with Crippen LogP contribution in [0.25, 0.3) is 17.1 Å². The van der Waals surface area contributed by atoms with Crippen molar-refractivity contribution in [1.29, 1.82) is 0 Å². The second-order valence-corrected chi connectivity index (χ2v) is 4.16. The smallest absolute Gasteiger partial charge is 0.358 e. The largest absolute Gasteiger partial charge is 0.390 e. The van der Waals surface area contributed by atoms with E-state index in [0.717, 1.165) is 5.56 Å². The molecule has 104 valence electrons. The highest BCUT2D eigenvalue weighted by Crippen LogP contribution is 2.17. The molecule has 2 heterocycles. The fourth-order valence-electron chi connectivity index (χ4n) is 1.76. The van der Waals surface area contributed by atoms with Gasteiger partial charge in [-0.2, -0.15) is 0 Å². The van der Waals surface area contributed by atoms with Crippen LogP contribution in [0.3, 0.4) is 0 Å². The highest BCUT2D eigenvalue weighted by Gasteiger charge is 2.13. The first-order valence-corrected chi connectivity index (χ1v) is 5.93. The average Bonchev–Trinajstić information content (AvgIpc) is 2.98. The average molecular weight is 285 g/mol. The Morgan fingerprint density at radius 1 is 1.05 bits per heavy atom. The lowest BCUT2D eigenvalue weighted by molar-refractivity contribution is -0.389. The maximum atomic E-state index is 12.9. The molecule has 3 aromatic rings. The molecule has 21 heavy (non-hydrogen) atoms. The molecule has 0 bridgehead atoms. The SMILES string of the molecule is O=[N+]([O-])c1ccn(-c2ccc(-c3ccc(F)cc3)nn2)n1. The van der Waals surface area contributed by atoms with Gasteiger partial charge in [0.05, 0.1) is 23.1 Å². The Hall–Kier alpha value is -3.16. The lowest BCUT2D eigenvalue weighted by Crippen LogP contribution is -2.01. The third-order valence-corrected chi connectivity index (χ3v) is 2.79. The number of hydrogen-bond donors (Lipinski definition) is 0.